The summed E-state index contributed by atoms with van der Waals surface area (Å²) in [7, 11) is 1.65. The Kier molecular flexibility index (Phi) is 5.37. The van der Waals surface area contributed by atoms with Crippen LogP contribution >= 0.6 is 11.8 Å². The van der Waals surface area contributed by atoms with Gasteiger partial charge in [0.2, 0.25) is 0 Å². The number of aromatic nitrogens is 1. The third-order valence-electron chi connectivity index (χ3n) is 4.80. The maximum atomic E-state index is 12.4. The van der Waals surface area contributed by atoms with Crippen LogP contribution in [0.15, 0.2) is 64.5 Å². The molecule has 0 radical (unpaired) electrons. The van der Waals surface area contributed by atoms with Crippen molar-refractivity contribution in [2.24, 2.45) is 4.99 Å². The number of carbonyl (C=O) groups is 1. The molecule has 0 aliphatic carbocycles. The van der Waals surface area contributed by atoms with Crippen molar-refractivity contribution in [1.29, 1.82) is 0 Å². The first-order chi connectivity index (χ1) is 14.4. The molecule has 2 aromatic carbocycles. The molecule has 1 amide bonds. The zero-order valence-corrected chi connectivity index (χ0v) is 17.7. The van der Waals surface area contributed by atoms with Gasteiger partial charge in [-0.2, -0.15) is 0 Å². The first-order valence-electron chi connectivity index (χ1n) is 9.36. The van der Waals surface area contributed by atoms with Crippen LogP contribution in [0.5, 0.6) is 11.5 Å². The second kappa shape index (κ2) is 8.12. The van der Waals surface area contributed by atoms with E-state index in [0.29, 0.717) is 15.8 Å². The number of aryl methyl sites for hydroxylation is 1. The number of ether oxygens (including phenoxy) is 1. The number of phenols is 1. The molecule has 1 aliphatic heterocycles. The Hall–Kier alpha value is -3.45. The topological polar surface area (TPSA) is 75.8 Å². The Balaban J connectivity index is 1.62. The van der Waals surface area contributed by atoms with Gasteiger partial charge in [0.15, 0.2) is 5.17 Å². The van der Waals surface area contributed by atoms with Crippen molar-refractivity contribution < 1.29 is 14.6 Å². The third-order valence-corrected chi connectivity index (χ3v) is 5.71. The summed E-state index contributed by atoms with van der Waals surface area (Å²) in [6.07, 6.45) is 1.88. The summed E-state index contributed by atoms with van der Waals surface area (Å²) >= 11 is 1.28. The molecule has 0 bridgehead atoms. The molecule has 30 heavy (non-hydrogen) atoms. The molecule has 2 N–H and O–H groups in total. The number of amidine groups is 1. The zero-order chi connectivity index (χ0) is 21.3. The number of hydrogen-bond acceptors (Lipinski definition) is 5. The van der Waals surface area contributed by atoms with Gasteiger partial charge in [0, 0.05) is 23.1 Å². The van der Waals surface area contributed by atoms with Crippen molar-refractivity contribution >= 4 is 34.6 Å². The Morgan fingerprint density at radius 1 is 1.13 bits per heavy atom. The monoisotopic (exact) mass is 419 g/mol. The molecule has 7 heteroatoms. The first kappa shape index (κ1) is 19.8. The van der Waals surface area contributed by atoms with Gasteiger partial charge in [0.05, 0.1) is 17.7 Å². The minimum atomic E-state index is -0.187. The summed E-state index contributed by atoms with van der Waals surface area (Å²) < 4.78 is 7.38. The molecule has 3 aromatic rings. The number of rotatable bonds is 4. The molecule has 1 aromatic heterocycles. The number of nitrogens with zero attached hydrogens (tertiary/aromatic N) is 2. The standard InChI is InChI=1S/C23H21N3O3S/c1-14-11-16(15(2)26(14)18-7-9-20(29-3)10-8-18)12-21-22(28)25-23(30-21)24-17-5-4-6-19(27)13-17/h4-13,27H,1-3H3,(H,24,25,28). The number of carbonyl (C=O) groups excluding carboxylic acids is 1. The summed E-state index contributed by atoms with van der Waals surface area (Å²) in [5.74, 6) is 0.752. The van der Waals surface area contributed by atoms with Crippen molar-refractivity contribution in [2.75, 3.05) is 7.11 Å². The van der Waals surface area contributed by atoms with E-state index < -0.39 is 0 Å². The smallest absolute Gasteiger partial charge is 0.264 e. The van der Waals surface area contributed by atoms with Gasteiger partial charge in [-0.1, -0.05) is 6.07 Å². The lowest BCUT2D eigenvalue weighted by Gasteiger charge is -2.10. The van der Waals surface area contributed by atoms with Crippen LogP contribution in [0.3, 0.4) is 0 Å². The molecule has 1 fully saturated rings. The van der Waals surface area contributed by atoms with Crippen molar-refractivity contribution in [2.45, 2.75) is 13.8 Å². The lowest BCUT2D eigenvalue weighted by Crippen LogP contribution is -2.19. The second-order valence-corrected chi connectivity index (χ2v) is 7.89. The highest BCUT2D eigenvalue weighted by Gasteiger charge is 2.24. The van der Waals surface area contributed by atoms with Crippen molar-refractivity contribution in [3.8, 4) is 17.2 Å². The molecule has 4 rings (SSSR count). The van der Waals surface area contributed by atoms with Gasteiger partial charge in [-0.05, 0) is 79.7 Å². The summed E-state index contributed by atoms with van der Waals surface area (Å²) in [5, 5.41) is 12.9. The van der Waals surface area contributed by atoms with Crippen LogP contribution in [0.25, 0.3) is 11.8 Å². The first-order valence-corrected chi connectivity index (χ1v) is 10.2. The number of nitrogens with one attached hydrogen (secondary N) is 1. The van der Waals surface area contributed by atoms with Crippen LogP contribution in [-0.4, -0.2) is 27.9 Å². The number of benzene rings is 2. The van der Waals surface area contributed by atoms with E-state index in [2.05, 4.69) is 20.9 Å². The van der Waals surface area contributed by atoms with Gasteiger partial charge in [-0.15, -0.1) is 0 Å². The lowest BCUT2D eigenvalue weighted by molar-refractivity contribution is -0.115. The molecule has 0 saturated carbocycles. The van der Waals surface area contributed by atoms with E-state index in [1.807, 2.05) is 44.2 Å². The second-order valence-electron chi connectivity index (χ2n) is 6.86. The van der Waals surface area contributed by atoms with Gasteiger partial charge in [-0.25, -0.2) is 4.99 Å². The average molecular weight is 420 g/mol. The summed E-state index contributed by atoms with van der Waals surface area (Å²) in [4.78, 5) is 17.4. The molecule has 0 unspecified atom stereocenters. The summed E-state index contributed by atoms with van der Waals surface area (Å²) in [6, 6.07) is 16.5. The Morgan fingerprint density at radius 3 is 2.60 bits per heavy atom. The predicted octanol–water partition coefficient (Wildman–Crippen LogP) is 4.70. The summed E-state index contributed by atoms with van der Waals surface area (Å²) in [6.45, 7) is 4.07. The number of methoxy groups -OCH3 is 1. The van der Waals surface area contributed by atoms with Gasteiger partial charge in [0.1, 0.15) is 11.5 Å². The van der Waals surface area contributed by atoms with Gasteiger partial charge >= 0.3 is 0 Å². The van der Waals surface area contributed by atoms with Crippen LogP contribution in [0.4, 0.5) is 5.69 Å². The minimum absolute atomic E-state index is 0.132. The van der Waals surface area contributed by atoms with E-state index in [-0.39, 0.29) is 11.7 Å². The molecule has 1 saturated heterocycles. The quantitative estimate of drug-likeness (QED) is 0.601. The maximum Gasteiger partial charge on any atom is 0.264 e. The largest absolute Gasteiger partial charge is 0.508 e. The van der Waals surface area contributed by atoms with Crippen LogP contribution in [0.2, 0.25) is 0 Å². The highest BCUT2D eigenvalue weighted by molar-refractivity contribution is 8.18. The van der Waals surface area contributed by atoms with Gasteiger partial charge in [0.25, 0.3) is 5.91 Å². The Morgan fingerprint density at radius 2 is 1.90 bits per heavy atom. The fraction of sp³-hybridized carbons (Fsp3) is 0.130. The fourth-order valence-corrected chi connectivity index (χ4v) is 4.20. The lowest BCUT2D eigenvalue weighted by atomic mass is 10.2. The molecule has 6 nitrogen and oxygen atoms in total. The van der Waals surface area contributed by atoms with E-state index in [4.69, 9.17) is 4.74 Å². The summed E-state index contributed by atoms with van der Waals surface area (Å²) in [5.41, 5.74) is 4.69. The van der Waals surface area contributed by atoms with Crippen LogP contribution in [-0.2, 0) is 4.79 Å². The Labute approximate surface area is 178 Å². The highest BCUT2D eigenvalue weighted by Crippen LogP contribution is 2.31. The van der Waals surface area contributed by atoms with Crippen LogP contribution < -0.4 is 10.1 Å². The van der Waals surface area contributed by atoms with Gasteiger partial charge < -0.3 is 19.7 Å². The minimum Gasteiger partial charge on any atom is -0.508 e. The Bertz CT molecular complexity index is 1180. The van der Waals surface area contributed by atoms with Gasteiger partial charge in [-0.3, -0.25) is 4.79 Å². The van der Waals surface area contributed by atoms with Crippen molar-refractivity contribution in [3.63, 3.8) is 0 Å². The fourth-order valence-electron chi connectivity index (χ4n) is 3.36. The van der Waals surface area contributed by atoms with Crippen LogP contribution in [0, 0.1) is 13.8 Å². The molecule has 0 atom stereocenters. The van der Waals surface area contributed by atoms with E-state index >= 15 is 0 Å². The number of hydrogen-bond donors (Lipinski definition) is 2. The number of aromatic hydroxyl groups is 1. The van der Waals surface area contributed by atoms with Crippen LogP contribution in [0.1, 0.15) is 17.0 Å². The number of amides is 1. The van der Waals surface area contributed by atoms with Crippen molar-refractivity contribution in [1.82, 2.24) is 9.88 Å². The molecular weight excluding hydrogens is 398 g/mol. The SMILES string of the molecule is COc1ccc(-n2c(C)cc(C=C3SC(=Nc4cccc(O)c4)NC3=O)c2C)cc1. The predicted molar refractivity (Wildman–Crippen MR) is 121 cm³/mol. The van der Waals surface area contributed by atoms with E-state index in [1.54, 1.807) is 31.4 Å². The van der Waals surface area contributed by atoms with E-state index in [0.717, 1.165) is 28.4 Å². The highest BCUT2D eigenvalue weighted by atomic mass is 32.2. The van der Waals surface area contributed by atoms with Crippen molar-refractivity contribution in [3.05, 3.63) is 76.5 Å². The number of aliphatic imine (C=N–C) groups is 1. The molecule has 152 valence electrons. The maximum absolute atomic E-state index is 12.4. The zero-order valence-electron chi connectivity index (χ0n) is 16.8. The number of phenolic OH excluding ortho intramolecular Hbond substituents is 1. The number of thioether (sulfide) groups is 1. The average Bonchev–Trinajstić information content (AvgIpc) is 3.20. The molecule has 2 heterocycles. The van der Waals surface area contributed by atoms with E-state index in [1.165, 1.54) is 11.8 Å². The molecular formula is C23H21N3O3S. The normalized spacial score (nSPS) is 16.3. The third kappa shape index (κ3) is 3.97. The molecule has 1 aliphatic rings. The van der Waals surface area contributed by atoms with E-state index in [9.17, 15) is 9.90 Å². The molecule has 0 spiro atoms.